The van der Waals surface area contributed by atoms with Crippen LogP contribution in [0.2, 0.25) is 0 Å². The first kappa shape index (κ1) is 54.2. The van der Waals surface area contributed by atoms with E-state index in [9.17, 15) is 28.3 Å². The topological polar surface area (TPSA) is 226 Å². The summed E-state index contributed by atoms with van der Waals surface area (Å²) < 4.78 is 114. The molecule has 0 unspecified atom stereocenters. The standard InChI is InChI=1S/C55H82O18S/c1-10-11-28(2)12-15-51(5,58)50-30(4)20-39-38(68-50)26-46-55(9,71-39)49(57)48-42(67-46)24-41-47(69-48)29(3)13-16-53(7)44(66-41)27-43-54(8,73-53)17-14-31-32(65-43)21-34-33(62-31)22-35-36(63-34)23-40-37(64-35)25-45(72-74(59,60)61)52(6,70-40)18-19-56/h10,12,15,29,31-50,56-58H,1-2,4,11,13-14,16-27H2,3,5-9H3,(H,59,60,61)/b15-12+/t29-,31-,32+,33+,34-,35-,36+,37+,38+,39-,40-,41-,42+,43-,44+,45-,46-,47+,48+,49+,50-,51+,52+,53-,54+,55+/m0/s1. The predicted octanol–water partition coefficient (Wildman–Crippen LogP) is 5.23. The average molecular weight is 1060 g/mol. The fourth-order valence-electron chi connectivity index (χ4n) is 15.2. The van der Waals surface area contributed by atoms with Gasteiger partial charge in [0.25, 0.3) is 0 Å². The zero-order valence-electron chi connectivity index (χ0n) is 44.0. The molecule has 4 N–H and O–H groups in total. The maximum atomic E-state index is 12.3. The number of ether oxygens (including phenoxy) is 11. The highest BCUT2D eigenvalue weighted by atomic mass is 32.3. The predicted molar refractivity (Wildman–Crippen MR) is 265 cm³/mol. The Morgan fingerprint density at radius 2 is 1.30 bits per heavy atom. The number of aliphatic hydroxyl groups is 3. The number of hydrogen-bond donors (Lipinski definition) is 4. The van der Waals surface area contributed by atoms with Gasteiger partial charge in [-0.15, -0.1) is 6.58 Å². The van der Waals surface area contributed by atoms with Gasteiger partial charge in [-0.3, -0.25) is 4.55 Å². The number of aliphatic hydroxyl groups excluding tert-OH is 2. The molecule has 74 heavy (non-hydrogen) atoms. The Morgan fingerprint density at radius 1 is 0.730 bits per heavy atom. The quantitative estimate of drug-likeness (QED) is 0.132. The molecule has 11 fully saturated rings. The lowest BCUT2D eigenvalue weighted by molar-refractivity contribution is -0.369. The lowest BCUT2D eigenvalue weighted by Gasteiger charge is -2.61. The minimum atomic E-state index is -4.78. The molecular weight excluding hydrogens is 981 g/mol. The summed E-state index contributed by atoms with van der Waals surface area (Å²) in [6.45, 7) is 23.8. The normalized spacial score (nSPS) is 52.9. The summed E-state index contributed by atoms with van der Waals surface area (Å²) >= 11 is 0. The van der Waals surface area contributed by atoms with Crippen molar-refractivity contribution in [3.8, 4) is 0 Å². The van der Waals surface area contributed by atoms with Gasteiger partial charge in [-0.2, -0.15) is 8.42 Å². The van der Waals surface area contributed by atoms with Crippen LogP contribution >= 0.6 is 0 Å². The molecule has 0 aromatic rings. The second-order valence-electron chi connectivity index (χ2n) is 25.0. The summed E-state index contributed by atoms with van der Waals surface area (Å²) in [5.41, 5.74) is -3.28. The zero-order chi connectivity index (χ0) is 52.5. The molecule has 19 heteroatoms. The largest absolute Gasteiger partial charge is 0.397 e. The van der Waals surface area contributed by atoms with E-state index < -0.39 is 93.3 Å². The van der Waals surface area contributed by atoms with Crippen LogP contribution in [0.15, 0.2) is 49.1 Å². The first-order chi connectivity index (χ1) is 34.9. The molecule has 0 bridgehead atoms. The van der Waals surface area contributed by atoms with E-state index in [1.165, 1.54) is 0 Å². The Balaban J connectivity index is 0.754. The molecule has 0 saturated carbocycles. The summed E-state index contributed by atoms with van der Waals surface area (Å²) in [6.07, 6.45) is 4.08. The first-order valence-electron chi connectivity index (χ1n) is 27.5. The van der Waals surface area contributed by atoms with E-state index in [-0.39, 0.29) is 92.5 Å². The van der Waals surface area contributed by atoms with E-state index in [2.05, 4.69) is 40.5 Å². The lowest BCUT2D eigenvalue weighted by Crippen LogP contribution is -2.74. The number of hydrogen-bond acceptors (Lipinski definition) is 17. The smallest absolute Gasteiger partial charge is 0.396 e. The molecule has 11 aliphatic heterocycles. The maximum Gasteiger partial charge on any atom is 0.397 e. The number of fused-ring (bicyclic) bond motifs is 10. The van der Waals surface area contributed by atoms with E-state index in [0.717, 1.165) is 31.3 Å². The van der Waals surface area contributed by atoms with E-state index in [0.29, 0.717) is 56.9 Å². The summed E-state index contributed by atoms with van der Waals surface area (Å²) in [5.74, 6) is 0.0923. The van der Waals surface area contributed by atoms with Crippen molar-refractivity contribution >= 4 is 10.4 Å². The molecule has 11 saturated heterocycles. The molecular formula is C55H82O18S. The number of rotatable bonds is 9. The van der Waals surface area contributed by atoms with Gasteiger partial charge in [0.2, 0.25) is 0 Å². The van der Waals surface area contributed by atoms with Crippen LogP contribution in [0.25, 0.3) is 0 Å². The zero-order valence-corrected chi connectivity index (χ0v) is 44.8. The van der Waals surface area contributed by atoms with Crippen LogP contribution in [0.4, 0.5) is 0 Å². The van der Waals surface area contributed by atoms with Gasteiger partial charge in [-0.25, -0.2) is 4.18 Å². The minimum absolute atomic E-state index is 0.0923. The Bertz CT molecular complexity index is 2280. The molecule has 18 nitrogen and oxygen atoms in total. The fourth-order valence-corrected chi connectivity index (χ4v) is 15.7. The highest BCUT2D eigenvalue weighted by Gasteiger charge is 2.65. The van der Waals surface area contributed by atoms with Crippen molar-refractivity contribution in [3.05, 3.63) is 49.1 Å². The van der Waals surface area contributed by atoms with Crippen LogP contribution in [-0.4, -0.2) is 185 Å². The van der Waals surface area contributed by atoms with Crippen molar-refractivity contribution in [2.24, 2.45) is 5.92 Å². The van der Waals surface area contributed by atoms with Crippen molar-refractivity contribution in [1.82, 2.24) is 0 Å². The second kappa shape index (κ2) is 19.8. The Labute approximate surface area is 436 Å². The highest BCUT2D eigenvalue weighted by Crippen LogP contribution is 2.54. The Morgan fingerprint density at radius 3 is 1.96 bits per heavy atom. The maximum absolute atomic E-state index is 12.3. The van der Waals surface area contributed by atoms with Crippen LogP contribution in [0, 0.1) is 5.92 Å². The van der Waals surface area contributed by atoms with Gasteiger partial charge in [0, 0.05) is 58.0 Å². The minimum Gasteiger partial charge on any atom is -0.396 e. The van der Waals surface area contributed by atoms with E-state index in [1.807, 2.05) is 6.92 Å². The van der Waals surface area contributed by atoms with Crippen molar-refractivity contribution in [2.45, 2.75) is 282 Å². The van der Waals surface area contributed by atoms with Gasteiger partial charge in [0.1, 0.15) is 35.6 Å². The van der Waals surface area contributed by atoms with E-state index in [4.69, 9.17) is 56.3 Å². The Hall–Kier alpha value is -1.73. The first-order valence-corrected chi connectivity index (χ1v) is 28.9. The van der Waals surface area contributed by atoms with Crippen molar-refractivity contribution in [2.75, 3.05) is 6.61 Å². The molecule has 11 rings (SSSR count). The van der Waals surface area contributed by atoms with Gasteiger partial charge >= 0.3 is 10.4 Å². The third-order valence-electron chi connectivity index (χ3n) is 19.4. The summed E-state index contributed by atoms with van der Waals surface area (Å²) in [4.78, 5) is 0. The van der Waals surface area contributed by atoms with Crippen LogP contribution in [-0.2, 0) is 66.7 Å². The second-order valence-corrected chi connectivity index (χ2v) is 26.0. The molecule has 11 aliphatic rings. The summed E-state index contributed by atoms with van der Waals surface area (Å²) in [7, 11) is -4.78. The molecule has 0 aliphatic carbocycles. The fraction of sp³-hybridized carbons (Fsp3) is 0.855. The number of allylic oxidation sites excluding steroid dienone is 3. The van der Waals surface area contributed by atoms with Gasteiger partial charge in [0.05, 0.1) is 114 Å². The third kappa shape index (κ3) is 9.93. The third-order valence-corrected chi connectivity index (χ3v) is 19.9. The van der Waals surface area contributed by atoms with Crippen LogP contribution in [0.1, 0.15) is 131 Å². The Kier molecular flexibility index (Phi) is 14.5. The van der Waals surface area contributed by atoms with Gasteiger partial charge in [0.15, 0.2) is 0 Å². The highest BCUT2D eigenvalue weighted by molar-refractivity contribution is 7.80. The van der Waals surface area contributed by atoms with Crippen molar-refractivity contribution in [3.63, 3.8) is 0 Å². The molecule has 11 heterocycles. The summed E-state index contributed by atoms with van der Waals surface area (Å²) in [6, 6.07) is 0. The molecule has 0 amide bonds. The molecule has 416 valence electrons. The lowest BCUT2D eigenvalue weighted by atomic mass is 9.73. The monoisotopic (exact) mass is 1060 g/mol. The van der Waals surface area contributed by atoms with E-state index >= 15 is 0 Å². The van der Waals surface area contributed by atoms with Gasteiger partial charge < -0.3 is 67.4 Å². The summed E-state index contributed by atoms with van der Waals surface area (Å²) in [5, 5.41) is 33.8. The van der Waals surface area contributed by atoms with Gasteiger partial charge in [-0.1, -0.05) is 43.9 Å². The molecule has 0 aromatic heterocycles. The molecule has 0 radical (unpaired) electrons. The molecule has 0 aromatic carbocycles. The van der Waals surface area contributed by atoms with Crippen LogP contribution in [0.3, 0.4) is 0 Å². The van der Waals surface area contributed by atoms with E-state index in [1.54, 1.807) is 32.1 Å². The molecule has 26 atom stereocenters. The van der Waals surface area contributed by atoms with Crippen molar-refractivity contribution in [1.29, 1.82) is 0 Å². The van der Waals surface area contributed by atoms with Crippen LogP contribution < -0.4 is 0 Å². The average Bonchev–Trinajstić information content (AvgIpc) is 3.47. The van der Waals surface area contributed by atoms with Gasteiger partial charge in [-0.05, 0) is 84.6 Å². The molecule has 0 spiro atoms. The SMILES string of the molecule is C=CCC(=C)/C=C/[C@@](C)(O)[C@H]1O[C@@H]2C[C@@H]3O[C@@H]4C[C@@H]5O[C@@H]6C[C@@H]7O[C@@H]8C[C@@H]9O[C@@H]%10C[C@@H]%11O[C@](C)(CCO)[C@@H](OS(=O)(=O)O)C[C@H]%11O[C@H]%10C[C@H]9O[C@H]8CC[C@@]7(C)O[C@@]6(C)CC[C@H](C)[C@H]5O[C@H]4[C@@H](O)[C@]3(C)O[C@H]2CC1=C. The van der Waals surface area contributed by atoms with Crippen molar-refractivity contribution < 1.29 is 84.6 Å². The van der Waals surface area contributed by atoms with Crippen LogP contribution in [0.5, 0.6) is 0 Å².